The first kappa shape index (κ1) is 14.8. The molecule has 4 heteroatoms. The largest absolute Gasteiger partial charge is 0.348 e. The van der Waals surface area contributed by atoms with Crippen molar-refractivity contribution in [2.45, 2.75) is 59.5 Å². The predicted molar refractivity (Wildman–Crippen MR) is 83.9 cm³/mol. The molecule has 3 nitrogen and oxygen atoms in total. The van der Waals surface area contributed by atoms with E-state index in [0.29, 0.717) is 11.5 Å². The van der Waals surface area contributed by atoms with Gasteiger partial charge >= 0.3 is 0 Å². The molecule has 1 N–H and O–H groups in total. The number of hydrogen-bond acceptors (Lipinski definition) is 4. The molecule has 1 aliphatic heterocycles. The van der Waals surface area contributed by atoms with Crippen LogP contribution in [0, 0.1) is 5.41 Å². The molecule has 0 aliphatic carbocycles. The molecule has 0 aromatic carbocycles. The Hall–Kier alpha value is -0.610. The summed E-state index contributed by atoms with van der Waals surface area (Å²) in [6.45, 7) is 12.3. The average Bonchev–Trinajstić information content (AvgIpc) is 3.03. The molecular formula is C15H27N3S. The van der Waals surface area contributed by atoms with Crippen LogP contribution in [0.1, 0.15) is 51.8 Å². The van der Waals surface area contributed by atoms with Crippen molar-refractivity contribution in [3.8, 4) is 0 Å². The first-order valence-electron chi connectivity index (χ1n) is 7.51. The third-order valence-electron chi connectivity index (χ3n) is 4.43. The van der Waals surface area contributed by atoms with Crippen LogP contribution in [0.25, 0.3) is 0 Å². The zero-order chi connectivity index (χ0) is 13.9. The molecule has 1 fully saturated rings. The van der Waals surface area contributed by atoms with Crippen LogP contribution in [-0.2, 0) is 6.54 Å². The summed E-state index contributed by atoms with van der Waals surface area (Å²) < 4.78 is 0. The van der Waals surface area contributed by atoms with Crippen molar-refractivity contribution in [2.75, 3.05) is 18.0 Å². The second-order valence-corrected chi connectivity index (χ2v) is 7.12. The smallest absolute Gasteiger partial charge is 0.185 e. The zero-order valence-corrected chi connectivity index (χ0v) is 13.5. The molecule has 1 saturated heterocycles. The number of hydrogen-bond donors (Lipinski definition) is 1. The van der Waals surface area contributed by atoms with E-state index in [-0.39, 0.29) is 0 Å². The molecule has 19 heavy (non-hydrogen) atoms. The summed E-state index contributed by atoms with van der Waals surface area (Å²) in [5, 5.41) is 4.67. The number of nitrogens with one attached hydrogen (secondary N) is 1. The van der Waals surface area contributed by atoms with Gasteiger partial charge in [0.25, 0.3) is 0 Å². The number of nitrogens with zero attached hydrogens (tertiary/aromatic N) is 2. The molecule has 0 amide bonds. The van der Waals surface area contributed by atoms with Crippen LogP contribution < -0.4 is 10.2 Å². The van der Waals surface area contributed by atoms with Crippen LogP contribution in [0.5, 0.6) is 0 Å². The van der Waals surface area contributed by atoms with E-state index in [1.807, 2.05) is 17.5 Å². The van der Waals surface area contributed by atoms with Crippen molar-refractivity contribution in [1.29, 1.82) is 0 Å². The maximum Gasteiger partial charge on any atom is 0.185 e. The van der Waals surface area contributed by atoms with Gasteiger partial charge in [0.05, 0.1) is 0 Å². The van der Waals surface area contributed by atoms with Gasteiger partial charge in [-0.3, -0.25) is 0 Å². The van der Waals surface area contributed by atoms with E-state index in [4.69, 9.17) is 0 Å². The van der Waals surface area contributed by atoms with Crippen LogP contribution in [0.3, 0.4) is 0 Å². The monoisotopic (exact) mass is 281 g/mol. The Kier molecular flexibility index (Phi) is 4.85. The van der Waals surface area contributed by atoms with Gasteiger partial charge < -0.3 is 10.2 Å². The Balaban J connectivity index is 1.96. The minimum Gasteiger partial charge on any atom is -0.348 e. The third-order valence-corrected chi connectivity index (χ3v) is 5.49. The van der Waals surface area contributed by atoms with Gasteiger partial charge in [-0.1, -0.05) is 27.7 Å². The van der Waals surface area contributed by atoms with Crippen molar-refractivity contribution in [1.82, 2.24) is 10.3 Å². The number of aromatic nitrogens is 1. The van der Waals surface area contributed by atoms with Gasteiger partial charge in [-0.25, -0.2) is 4.98 Å². The highest BCUT2D eigenvalue weighted by atomic mass is 32.1. The highest BCUT2D eigenvalue weighted by Crippen LogP contribution is 2.39. The molecule has 1 aromatic rings. The lowest BCUT2D eigenvalue weighted by atomic mass is 9.82. The van der Waals surface area contributed by atoms with Gasteiger partial charge in [-0.15, -0.1) is 11.3 Å². The fraction of sp³-hybridized carbons (Fsp3) is 0.800. The van der Waals surface area contributed by atoms with Gasteiger partial charge in [0, 0.05) is 36.8 Å². The van der Waals surface area contributed by atoms with Crippen molar-refractivity contribution >= 4 is 16.5 Å². The van der Waals surface area contributed by atoms with Crippen molar-refractivity contribution in [3.05, 3.63) is 11.1 Å². The topological polar surface area (TPSA) is 28.2 Å². The van der Waals surface area contributed by atoms with Crippen LogP contribution in [0.4, 0.5) is 5.13 Å². The van der Waals surface area contributed by atoms with E-state index in [1.54, 1.807) is 0 Å². The van der Waals surface area contributed by atoms with Crippen LogP contribution >= 0.6 is 11.3 Å². The SMILES string of the molecule is CCC1(CC)CCN(c2ncc(CNC(C)C)s2)C1. The van der Waals surface area contributed by atoms with Gasteiger partial charge in [-0.05, 0) is 24.7 Å². The zero-order valence-electron chi connectivity index (χ0n) is 12.7. The second kappa shape index (κ2) is 6.23. The number of rotatable bonds is 6. The molecule has 0 saturated carbocycles. The van der Waals surface area contributed by atoms with Crippen LogP contribution in [0.2, 0.25) is 0 Å². The molecule has 0 radical (unpaired) electrons. The third kappa shape index (κ3) is 3.48. The molecule has 2 heterocycles. The lowest BCUT2D eigenvalue weighted by Gasteiger charge is -2.26. The summed E-state index contributed by atoms with van der Waals surface area (Å²) in [4.78, 5) is 8.44. The summed E-state index contributed by atoms with van der Waals surface area (Å²) in [6.07, 6.45) is 5.92. The normalized spacial score (nSPS) is 18.5. The maximum absolute atomic E-state index is 4.61. The molecule has 0 bridgehead atoms. The fourth-order valence-electron chi connectivity index (χ4n) is 2.76. The first-order chi connectivity index (χ1) is 9.08. The Bertz CT molecular complexity index is 396. The molecular weight excluding hydrogens is 254 g/mol. The summed E-state index contributed by atoms with van der Waals surface area (Å²) in [7, 11) is 0. The molecule has 1 aromatic heterocycles. The minimum absolute atomic E-state index is 0.530. The molecule has 0 unspecified atom stereocenters. The van der Waals surface area contributed by atoms with Crippen LogP contribution in [-0.4, -0.2) is 24.1 Å². The average molecular weight is 281 g/mol. The van der Waals surface area contributed by atoms with E-state index < -0.39 is 0 Å². The summed E-state index contributed by atoms with van der Waals surface area (Å²) in [5.41, 5.74) is 0.530. The molecule has 2 rings (SSSR count). The molecule has 0 atom stereocenters. The minimum atomic E-state index is 0.530. The van der Waals surface area contributed by atoms with Crippen molar-refractivity contribution in [2.24, 2.45) is 5.41 Å². The Morgan fingerprint density at radius 3 is 2.74 bits per heavy atom. The molecule has 108 valence electrons. The van der Waals surface area contributed by atoms with Gasteiger partial charge in [0.15, 0.2) is 5.13 Å². The highest BCUT2D eigenvalue weighted by molar-refractivity contribution is 7.15. The summed E-state index contributed by atoms with van der Waals surface area (Å²) in [6, 6.07) is 0.533. The maximum atomic E-state index is 4.61. The van der Waals surface area contributed by atoms with Gasteiger partial charge in [0.1, 0.15) is 0 Å². The lowest BCUT2D eigenvalue weighted by Crippen LogP contribution is -2.25. The van der Waals surface area contributed by atoms with Crippen LogP contribution in [0.15, 0.2) is 6.20 Å². The molecule has 1 aliphatic rings. The van der Waals surface area contributed by atoms with Crippen molar-refractivity contribution in [3.63, 3.8) is 0 Å². The van der Waals surface area contributed by atoms with E-state index in [1.165, 1.54) is 42.4 Å². The quantitative estimate of drug-likeness (QED) is 0.862. The predicted octanol–water partition coefficient (Wildman–Crippen LogP) is 3.66. The van der Waals surface area contributed by atoms with E-state index in [0.717, 1.165) is 6.54 Å². The second-order valence-electron chi connectivity index (χ2n) is 6.02. The number of thiazole rings is 1. The van der Waals surface area contributed by atoms with E-state index >= 15 is 0 Å². The first-order valence-corrected chi connectivity index (χ1v) is 8.33. The number of anilines is 1. The fourth-order valence-corrected chi connectivity index (χ4v) is 3.64. The van der Waals surface area contributed by atoms with Gasteiger partial charge in [0.2, 0.25) is 0 Å². The van der Waals surface area contributed by atoms with Gasteiger partial charge in [-0.2, -0.15) is 0 Å². The lowest BCUT2D eigenvalue weighted by molar-refractivity contribution is 0.301. The highest BCUT2D eigenvalue weighted by Gasteiger charge is 2.35. The summed E-state index contributed by atoms with van der Waals surface area (Å²) in [5.74, 6) is 0. The van der Waals surface area contributed by atoms with Crippen molar-refractivity contribution < 1.29 is 0 Å². The van der Waals surface area contributed by atoms with E-state index in [2.05, 4.69) is 42.9 Å². The standard InChI is InChI=1S/C15H27N3S/c1-5-15(6-2)7-8-18(11-15)14-17-10-13(19-14)9-16-12(3)4/h10,12,16H,5-9,11H2,1-4H3. The Morgan fingerprint density at radius 1 is 1.42 bits per heavy atom. The molecule has 0 spiro atoms. The summed E-state index contributed by atoms with van der Waals surface area (Å²) >= 11 is 1.85. The Labute approximate surface area is 121 Å². The van der Waals surface area contributed by atoms with E-state index in [9.17, 15) is 0 Å². The Morgan fingerprint density at radius 2 is 2.16 bits per heavy atom.